The van der Waals surface area contributed by atoms with Gasteiger partial charge in [0.05, 0.1) is 11.4 Å². The predicted octanol–water partition coefficient (Wildman–Crippen LogP) is 15.7. The fraction of sp³-hybridized carbons (Fsp3) is 0. The molecule has 0 aliphatic rings. The van der Waals surface area contributed by atoms with Crippen molar-refractivity contribution < 1.29 is 4.42 Å². The predicted molar refractivity (Wildman–Crippen MR) is 253 cm³/mol. The lowest BCUT2D eigenvalue weighted by Crippen LogP contribution is -1.99. The van der Waals surface area contributed by atoms with Gasteiger partial charge in [0, 0.05) is 27.5 Å². The second-order valence-corrected chi connectivity index (χ2v) is 15.3. The van der Waals surface area contributed by atoms with Crippen molar-refractivity contribution in [2.45, 2.75) is 0 Å². The zero-order valence-corrected chi connectivity index (χ0v) is 33.2. The standard InChI is InChI=1S/C58H38N2O/c1-5-15-39(16-6-1)42-25-29-44(30-26-42)53-38-54(60-58(59-53)46-31-27-43(28-32-46)40-17-7-2-8-18-40)52-37-48(41-19-9-3-10-20-41)36-50(57(52)45-21-11-4-12-22-45)47-33-34-56-51(35-47)49-23-13-14-24-55(49)61-56/h1-38H. The molecule has 9 aromatic carbocycles. The Morgan fingerprint density at radius 2 is 0.705 bits per heavy atom. The molecule has 2 aromatic heterocycles. The van der Waals surface area contributed by atoms with Crippen molar-refractivity contribution in [3.05, 3.63) is 231 Å². The molecule has 0 bridgehead atoms. The molecule has 2 heterocycles. The summed E-state index contributed by atoms with van der Waals surface area (Å²) in [4.78, 5) is 10.8. The maximum atomic E-state index is 6.30. The summed E-state index contributed by atoms with van der Waals surface area (Å²) in [7, 11) is 0. The van der Waals surface area contributed by atoms with Gasteiger partial charge in [-0.2, -0.15) is 0 Å². The van der Waals surface area contributed by atoms with E-state index in [1.54, 1.807) is 0 Å². The van der Waals surface area contributed by atoms with E-state index in [0.717, 1.165) is 94.5 Å². The van der Waals surface area contributed by atoms with Crippen molar-refractivity contribution in [3.8, 4) is 89.5 Å². The van der Waals surface area contributed by atoms with Crippen LogP contribution in [0.15, 0.2) is 235 Å². The zero-order valence-electron chi connectivity index (χ0n) is 33.2. The topological polar surface area (TPSA) is 38.9 Å². The van der Waals surface area contributed by atoms with Crippen molar-refractivity contribution in [1.29, 1.82) is 0 Å². The van der Waals surface area contributed by atoms with Crippen LogP contribution >= 0.6 is 0 Å². The van der Waals surface area contributed by atoms with Crippen LogP contribution in [0.4, 0.5) is 0 Å². The number of aromatic nitrogens is 2. The number of para-hydroxylation sites is 1. The van der Waals surface area contributed by atoms with Crippen LogP contribution < -0.4 is 0 Å². The molecule has 61 heavy (non-hydrogen) atoms. The smallest absolute Gasteiger partial charge is 0.160 e. The van der Waals surface area contributed by atoms with E-state index in [0.29, 0.717) is 5.82 Å². The molecule has 0 aliphatic carbocycles. The maximum absolute atomic E-state index is 6.30. The minimum absolute atomic E-state index is 0.663. The lowest BCUT2D eigenvalue weighted by Gasteiger charge is -2.20. The SMILES string of the molecule is c1ccc(-c2ccc(-c3cc(-c4cc(-c5ccccc5)cc(-c5ccc6oc7ccccc7c6c5)c4-c4ccccc4)nc(-c4ccc(-c5ccccc5)cc4)n3)cc2)cc1. The summed E-state index contributed by atoms with van der Waals surface area (Å²) in [5.74, 6) is 0.663. The fourth-order valence-corrected chi connectivity index (χ4v) is 8.45. The molecule has 11 aromatic rings. The van der Waals surface area contributed by atoms with Crippen molar-refractivity contribution in [2.75, 3.05) is 0 Å². The number of hydrogen-bond acceptors (Lipinski definition) is 3. The first kappa shape index (κ1) is 36.0. The second kappa shape index (κ2) is 15.6. The summed E-state index contributed by atoms with van der Waals surface area (Å²) in [5, 5.41) is 2.19. The number of rotatable bonds is 8. The third kappa shape index (κ3) is 6.98. The van der Waals surface area contributed by atoms with Crippen LogP contribution in [0.25, 0.3) is 111 Å². The molecule has 0 aliphatic heterocycles. The molecule has 286 valence electrons. The normalized spacial score (nSPS) is 11.3. The highest BCUT2D eigenvalue weighted by Gasteiger charge is 2.21. The van der Waals surface area contributed by atoms with Crippen LogP contribution in [0.3, 0.4) is 0 Å². The molecule has 0 atom stereocenters. The van der Waals surface area contributed by atoms with E-state index >= 15 is 0 Å². The Morgan fingerprint density at radius 3 is 1.33 bits per heavy atom. The van der Waals surface area contributed by atoms with Crippen LogP contribution in [-0.4, -0.2) is 9.97 Å². The summed E-state index contributed by atoms with van der Waals surface area (Å²) < 4.78 is 6.30. The summed E-state index contributed by atoms with van der Waals surface area (Å²) in [6.07, 6.45) is 0. The van der Waals surface area contributed by atoms with E-state index in [4.69, 9.17) is 14.4 Å². The average molecular weight is 779 g/mol. The Bertz CT molecular complexity index is 3200. The average Bonchev–Trinajstić information content (AvgIpc) is 3.73. The van der Waals surface area contributed by atoms with Gasteiger partial charge in [-0.3, -0.25) is 0 Å². The Morgan fingerprint density at radius 1 is 0.262 bits per heavy atom. The van der Waals surface area contributed by atoms with Gasteiger partial charge in [-0.15, -0.1) is 0 Å². The number of fused-ring (bicyclic) bond motifs is 3. The molecule has 0 saturated heterocycles. The highest BCUT2D eigenvalue weighted by molar-refractivity contribution is 6.07. The van der Waals surface area contributed by atoms with Gasteiger partial charge in [-0.25, -0.2) is 9.97 Å². The number of furan rings is 1. The van der Waals surface area contributed by atoms with E-state index in [1.807, 2.05) is 24.3 Å². The van der Waals surface area contributed by atoms with Gasteiger partial charge in [0.15, 0.2) is 5.82 Å². The zero-order chi connectivity index (χ0) is 40.5. The third-order valence-electron chi connectivity index (χ3n) is 11.5. The molecule has 0 spiro atoms. The lowest BCUT2D eigenvalue weighted by molar-refractivity contribution is 0.669. The van der Waals surface area contributed by atoms with Crippen molar-refractivity contribution in [3.63, 3.8) is 0 Å². The molecule has 0 unspecified atom stereocenters. The van der Waals surface area contributed by atoms with Crippen LogP contribution in [0.5, 0.6) is 0 Å². The highest BCUT2D eigenvalue weighted by atomic mass is 16.3. The van der Waals surface area contributed by atoms with Crippen molar-refractivity contribution in [2.24, 2.45) is 0 Å². The first-order chi connectivity index (χ1) is 30.2. The third-order valence-corrected chi connectivity index (χ3v) is 11.5. The molecule has 3 nitrogen and oxygen atoms in total. The number of hydrogen-bond donors (Lipinski definition) is 0. The summed E-state index contributed by atoms with van der Waals surface area (Å²) in [5.41, 5.74) is 17.7. The van der Waals surface area contributed by atoms with Gasteiger partial charge in [-0.1, -0.05) is 194 Å². The molecule has 0 N–H and O–H groups in total. The lowest BCUT2D eigenvalue weighted by atomic mass is 9.85. The minimum Gasteiger partial charge on any atom is -0.456 e. The van der Waals surface area contributed by atoms with Crippen LogP contribution in [0.2, 0.25) is 0 Å². The Labute approximate surface area is 354 Å². The first-order valence-electron chi connectivity index (χ1n) is 20.6. The minimum atomic E-state index is 0.663. The highest BCUT2D eigenvalue weighted by Crippen LogP contribution is 2.45. The molecular weight excluding hydrogens is 741 g/mol. The Hall–Kier alpha value is -8.14. The van der Waals surface area contributed by atoms with Crippen molar-refractivity contribution in [1.82, 2.24) is 9.97 Å². The molecule has 0 fully saturated rings. The van der Waals surface area contributed by atoms with Crippen LogP contribution in [0, 0.1) is 0 Å². The van der Waals surface area contributed by atoms with E-state index < -0.39 is 0 Å². The number of benzene rings is 9. The van der Waals surface area contributed by atoms with Crippen LogP contribution in [0.1, 0.15) is 0 Å². The maximum Gasteiger partial charge on any atom is 0.160 e. The van der Waals surface area contributed by atoms with Crippen molar-refractivity contribution >= 4 is 21.9 Å². The van der Waals surface area contributed by atoms with Gasteiger partial charge in [0.25, 0.3) is 0 Å². The number of nitrogens with zero attached hydrogens (tertiary/aromatic N) is 2. The largest absolute Gasteiger partial charge is 0.456 e. The van der Waals surface area contributed by atoms with Gasteiger partial charge in [0.2, 0.25) is 0 Å². The quantitative estimate of drug-likeness (QED) is 0.154. The van der Waals surface area contributed by atoms with Gasteiger partial charge in [-0.05, 0) is 92.0 Å². The van der Waals surface area contributed by atoms with Gasteiger partial charge >= 0.3 is 0 Å². The Balaban J connectivity index is 1.16. The molecule has 0 amide bonds. The second-order valence-electron chi connectivity index (χ2n) is 15.3. The first-order valence-corrected chi connectivity index (χ1v) is 20.6. The molecule has 3 heteroatoms. The summed E-state index contributed by atoms with van der Waals surface area (Å²) in [6.45, 7) is 0. The van der Waals surface area contributed by atoms with E-state index in [-0.39, 0.29) is 0 Å². The van der Waals surface area contributed by atoms with Gasteiger partial charge < -0.3 is 4.42 Å². The van der Waals surface area contributed by atoms with Crippen LogP contribution in [-0.2, 0) is 0 Å². The van der Waals surface area contributed by atoms with E-state index in [9.17, 15) is 0 Å². The molecule has 11 rings (SSSR count). The van der Waals surface area contributed by atoms with E-state index in [1.165, 1.54) is 11.1 Å². The monoisotopic (exact) mass is 778 g/mol. The summed E-state index contributed by atoms with van der Waals surface area (Å²) in [6, 6.07) is 81.2. The summed E-state index contributed by atoms with van der Waals surface area (Å²) >= 11 is 0. The fourth-order valence-electron chi connectivity index (χ4n) is 8.45. The van der Waals surface area contributed by atoms with Gasteiger partial charge in [0.1, 0.15) is 11.2 Å². The molecular formula is C58H38N2O. The molecule has 0 saturated carbocycles. The molecule has 0 radical (unpaired) electrons. The van der Waals surface area contributed by atoms with E-state index in [2.05, 4.69) is 206 Å². The Kier molecular flexibility index (Phi) is 9.18.